The van der Waals surface area contributed by atoms with Crippen LogP contribution in [0.2, 0.25) is 0 Å². The Morgan fingerprint density at radius 1 is 1.16 bits per heavy atom. The Morgan fingerprint density at radius 2 is 1.87 bits per heavy atom. The summed E-state index contributed by atoms with van der Waals surface area (Å²) in [6, 6.07) is 10.3. The van der Waals surface area contributed by atoms with E-state index in [0.717, 1.165) is 25.7 Å². The fraction of sp³-hybridized carbons (Fsp3) is 0.708. The first-order valence-corrected chi connectivity index (χ1v) is 13.3. The molecule has 0 aromatic heterocycles. The maximum Gasteiger partial charge on any atom is 0.224 e. The van der Waals surface area contributed by atoms with Crippen molar-refractivity contribution in [3.8, 4) is 0 Å². The highest BCUT2D eigenvalue weighted by atomic mass is 32.2. The number of carbonyl (C=O) groups is 1. The Hall–Kier alpha value is -1.44. The van der Waals surface area contributed by atoms with Crippen molar-refractivity contribution in [2.24, 2.45) is 11.8 Å². The zero-order valence-corrected chi connectivity index (χ0v) is 19.4. The SMILES string of the molecule is CC1(C)C[C@H](O)[C@H]2CC[C@](CNC(=O)C3CCS(=O)(=O)C3)(c3ccccc3)CC[C@@H]2O1. The summed E-state index contributed by atoms with van der Waals surface area (Å²) in [4.78, 5) is 12.8. The molecule has 4 rings (SSSR count). The lowest BCUT2D eigenvalue weighted by Crippen LogP contribution is -2.48. The van der Waals surface area contributed by atoms with Crippen LogP contribution in [0, 0.1) is 11.8 Å². The van der Waals surface area contributed by atoms with E-state index in [1.165, 1.54) is 5.56 Å². The summed E-state index contributed by atoms with van der Waals surface area (Å²) in [5.74, 6) is -0.443. The molecule has 1 unspecified atom stereocenters. The van der Waals surface area contributed by atoms with Gasteiger partial charge in [-0.2, -0.15) is 0 Å². The molecule has 3 aliphatic rings. The van der Waals surface area contributed by atoms with Gasteiger partial charge in [0.25, 0.3) is 0 Å². The normalized spacial score (nSPS) is 36.9. The molecule has 1 amide bonds. The highest BCUT2D eigenvalue weighted by Gasteiger charge is 2.46. The molecule has 31 heavy (non-hydrogen) atoms. The summed E-state index contributed by atoms with van der Waals surface area (Å²) in [5, 5.41) is 13.9. The molecule has 0 spiro atoms. The van der Waals surface area contributed by atoms with Gasteiger partial charge < -0.3 is 15.2 Å². The van der Waals surface area contributed by atoms with E-state index < -0.39 is 15.8 Å². The maximum absolute atomic E-state index is 12.8. The van der Waals surface area contributed by atoms with Gasteiger partial charge in [-0.25, -0.2) is 8.42 Å². The standard InChI is InChI=1S/C24H35NO5S/c1-23(2)14-20(26)19-8-11-24(12-9-21(19)30-23,18-6-4-3-5-7-18)16-25-22(27)17-10-13-31(28,29)15-17/h3-7,17,19-21,26H,8-16H2,1-2H3,(H,25,27)/t17?,19-,20+,21+,24+/m1/s1. The fourth-order valence-corrected chi connectivity index (χ4v) is 7.59. The Balaban J connectivity index is 1.53. The van der Waals surface area contributed by atoms with Crippen LogP contribution in [-0.4, -0.2) is 55.3 Å². The molecule has 1 aliphatic carbocycles. The van der Waals surface area contributed by atoms with Crippen LogP contribution in [-0.2, 0) is 24.8 Å². The smallest absolute Gasteiger partial charge is 0.224 e. The second-order valence-electron chi connectivity index (χ2n) is 10.4. The number of ether oxygens (including phenoxy) is 1. The van der Waals surface area contributed by atoms with Gasteiger partial charge in [0.15, 0.2) is 9.84 Å². The Labute approximate surface area is 185 Å². The fourth-order valence-electron chi connectivity index (χ4n) is 5.85. The first-order chi connectivity index (χ1) is 14.6. The summed E-state index contributed by atoms with van der Waals surface area (Å²) in [6.45, 7) is 4.56. The number of carbonyl (C=O) groups excluding carboxylic acids is 1. The number of fused-ring (bicyclic) bond motifs is 1. The van der Waals surface area contributed by atoms with Crippen molar-refractivity contribution in [2.75, 3.05) is 18.1 Å². The van der Waals surface area contributed by atoms with Crippen LogP contribution in [0.3, 0.4) is 0 Å². The molecule has 2 heterocycles. The topological polar surface area (TPSA) is 92.7 Å². The molecule has 3 fully saturated rings. The molecule has 2 saturated heterocycles. The number of hydrogen-bond acceptors (Lipinski definition) is 5. The highest BCUT2D eigenvalue weighted by molar-refractivity contribution is 7.91. The van der Waals surface area contributed by atoms with Crippen molar-refractivity contribution in [3.63, 3.8) is 0 Å². The van der Waals surface area contributed by atoms with Crippen molar-refractivity contribution in [2.45, 2.75) is 75.6 Å². The maximum atomic E-state index is 12.8. The number of aliphatic hydroxyl groups excluding tert-OH is 1. The van der Waals surface area contributed by atoms with E-state index in [-0.39, 0.29) is 46.6 Å². The van der Waals surface area contributed by atoms with Gasteiger partial charge in [-0.1, -0.05) is 30.3 Å². The summed E-state index contributed by atoms with van der Waals surface area (Å²) >= 11 is 0. The lowest BCUT2D eigenvalue weighted by atomic mass is 9.73. The summed E-state index contributed by atoms with van der Waals surface area (Å²) in [6.07, 6.45) is 4.05. The van der Waals surface area contributed by atoms with Crippen molar-refractivity contribution >= 4 is 15.7 Å². The summed E-state index contributed by atoms with van der Waals surface area (Å²) in [5.41, 5.74) is 0.600. The average molecular weight is 450 g/mol. The van der Waals surface area contributed by atoms with Crippen molar-refractivity contribution < 1.29 is 23.1 Å². The van der Waals surface area contributed by atoms with Crippen LogP contribution < -0.4 is 5.32 Å². The van der Waals surface area contributed by atoms with Crippen LogP contribution in [0.25, 0.3) is 0 Å². The molecule has 0 radical (unpaired) electrons. The van der Waals surface area contributed by atoms with Crippen molar-refractivity contribution in [1.82, 2.24) is 5.32 Å². The minimum atomic E-state index is -3.09. The highest BCUT2D eigenvalue weighted by Crippen LogP contribution is 2.45. The van der Waals surface area contributed by atoms with Gasteiger partial charge >= 0.3 is 0 Å². The molecule has 1 saturated carbocycles. The molecule has 5 atom stereocenters. The van der Waals surface area contributed by atoms with Gasteiger partial charge in [0.2, 0.25) is 5.91 Å². The number of rotatable bonds is 4. The molecule has 1 aromatic rings. The van der Waals surface area contributed by atoms with E-state index in [1.54, 1.807) is 0 Å². The largest absolute Gasteiger partial charge is 0.393 e. The zero-order chi connectivity index (χ0) is 22.3. The number of nitrogens with one attached hydrogen (secondary N) is 1. The lowest BCUT2D eigenvalue weighted by molar-refractivity contribution is -0.178. The van der Waals surface area contributed by atoms with Gasteiger partial charge in [-0.15, -0.1) is 0 Å². The van der Waals surface area contributed by atoms with E-state index >= 15 is 0 Å². The molecule has 2 N–H and O–H groups in total. The number of benzene rings is 1. The molecule has 6 nitrogen and oxygen atoms in total. The first-order valence-electron chi connectivity index (χ1n) is 11.5. The molecule has 0 bridgehead atoms. The third-order valence-corrected chi connectivity index (χ3v) is 9.36. The monoisotopic (exact) mass is 449 g/mol. The minimum Gasteiger partial charge on any atom is -0.393 e. The van der Waals surface area contributed by atoms with Gasteiger partial charge in [0.1, 0.15) is 0 Å². The van der Waals surface area contributed by atoms with Crippen LogP contribution in [0.4, 0.5) is 0 Å². The van der Waals surface area contributed by atoms with Gasteiger partial charge in [0.05, 0.1) is 35.2 Å². The predicted octanol–water partition coefficient (Wildman–Crippen LogP) is 2.59. The summed E-state index contributed by atoms with van der Waals surface area (Å²) in [7, 11) is -3.09. The second kappa shape index (κ2) is 8.49. The van der Waals surface area contributed by atoms with Crippen LogP contribution in [0.5, 0.6) is 0 Å². The van der Waals surface area contributed by atoms with Gasteiger partial charge in [-0.05, 0) is 51.5 Å². The lowest BCUT2D eigenvalue weighted by Gasteiger charge is -2.43. The molecule has 1 aromatic carbocycles. The summed E-state index contributed by atoms with van der Waals surface area (Å²) < 4.78 is 30.0. The number of amides is 1. The van der Waals surface area contributed by atoms with E-state index in [2.05, 4.69) is 17.4 Å². The Bertz CT molecular complexity index is 900. The third-order valence-electron chi connectivity index (χ3n) is 7.60. The van der Waals surface area contributed by atoms with Gasteiger partial charge in [-0.3, -0.25) is 4.79 Å². The van der Waals surface area contributed by atoms with E-state index in [0.29, 0.717) is 19.4 Å². The predicted molar refractivity (Wildman–Crippen MR) is 119 cm³/mol. The third kappa shape index (κ3) is 4.99. The molecular formula is C24H35NO5S. The molecular weight excluding hydrogens is 414 g/mol. The van der Waals surface area contributed by atoms with Gasteiger partial charge in [0, 0.05) is 24.3 Å². The quantitative estimate of drug-likeness (QED) is 0.737. The number of sulfone groups is 1. The first kappa shape index (κ1) is 22.7. The number of hydrogen-bond donors (Lipinski definition) is 2. The van der Waals surface area contributed by atoms with E-state index in [1.807, 2.05) is 32.0 Å². The van der Waals surface area contributed by atoms with Crippen LogP contribution >= 0.6 is 0 Å². The van der Waals surface area contributed by atoms with E-state index in [4.69, 9.17) is 4.74 Å². The molecule has 172 valence electrons. The Morgan fingerprint density at radius 3 is 2.55 bits per heavy atom. The van der Waals surface area contributed by atoms with Crippen LogP contribution in [0.1, 0.15) is 57.9 Å². The number of aliphatic hydroxyl groups is 1. The molecule has 2 aliphatic heterocycles. The van der Waals surface area contributed by atoms with E-state index in [9.17, 15) is 18.3 Å². The minimum absolute atomic E-state index is 0.0139. The van der Waals surface area contributed by atoms with Crippen molar-refractivity contribution in [3.05, 3.63) is 35.9 Å². The molecule has 7 heteroatoms. The van der Waals surface area contributed by atoms with Crippen molar-refractivity contribution in [1.29, 1.82) is 0 Å². The zero-order valence-electron chi connectivity index (χ0n) is 18.5. The van der Waals surface area contributed by atoms with Crippen LogP contribution in [0.15, 0.2) is 30.3 Å². The second-order valence-corrected chi connectivity index (χ2v) is 12.6. The average Bonchev–Trinajstić information content (AvgIpc) is 2.97. The Kier molecular flexibility index (Phi) is 6.23.